The molecule has 0 bridgehead atoms. The van der Waals surface area contributed by atoms with Crippen molar-refractivity contribution in [3.05, 3.63) is 112 Å². The van der Waals surface area contributed by atoms with Crippen LogP contribution < -0.4 is 10.2 Å². The Balaban J connectivity index is 1.23. The molecule has 0 fully saturated rings. The van der Waals surface area contributed by atoms with Crippen molar-refractivity contribution < 1.29 is 33.0 Å². The molecule has 4 rings (SSSR count). The van der Waals surface area contributed by atoms with Crippen molar-refractivity contribution in [1.82, 2.24) is 0 Å². The van der Waals surface area contributed by atoms with Gasteiger partial charge in [-0.15, -0.1) is 0 Å². The number of ether oxygens (including phenoxy) is 4. The lowest BCUT2D eigenvalue weighted by atomic mass is 9.97. The summed E-state index contributed by atoms with van der Waals surface area (Å²) in [7, 11) is 2.77. The number of hydrogen-bond donors (Lipinski definition) is 0. The number of rotatable bonds is 22. The molecule has 1 heterocycles. The summed E-state index contributed by atoms with van der Waals surface area (Å²) in [6, 6.07) is 23.8. The minimum absolute atomic E-state index is 0.0453. The highest BCUT2D eigenvalue weighted by molar-refractivity contribution is 5.82. The average molecular weight is 671 g/mol. The Morgan fingerprint density at radius 2 is 1.43 bits per heavy atom. The highest BCUT2D eigenvalue weighted by atomic mass is 16.6. The molecule has 8 nitrogen and oxygen atoms in total. The van der Waals surface area contributed by atoms with E-state index in [2.05, 4.69) is 41.1 Å². The second-order valence-electron chi connectivity index (χ2n) is 12.3. The molecule has 262 valence electrons. The zero-order valence-corrected chi connectivity index (χ0v) is 29.0. The van der Waals surface area contributed by atoms with Gasteiger partial charge in [0.05, 0.1) is 32.5 Å². The molecule has 1 unspecified atom stereocenters. The number of carbonyl (C=O) groups excluding carboxylic acids is 2. The van der Waals surface area contributed by atoms with Gasteiger partial charge in [-0.1, -0.05) is 73.9 Å². The van der Waals surface area contributed by atoms with Crippen LogP contribution in [-0.2, 0) is 49.5 Å². The SMILES string of the molecule is COC(=O)CCCCCOC(Cc1ccccc1CCCCCCOc1ccc2c(=O)ccoc2c1CCCc1ccccc1)C(=O)OC. The predicted octanol–water partition coefficient (Wildman–Crippen LogP) is 7.98. The molecule has 1 atom stereocenters. The van der Waals surface area contributed by atoms with Crippen molar-refractivity contribution >= 4 is 22.9 Å². The monoisotopic (exact) mass is 670 g/mol. The minimum atomic E-state index is -0.671. The molecule has 0 radical (unpaired) electrons. The fourth-order valence-electron chi connectivity index (χ4n) is 6.05. The molecule has 0 saturated heterocycles. The standard InChI is InChI=1S/C41H50O8/c1-45-39(43)23-10-6-14-28-48-38(41(44)46-2)30-33-21-12-11-20-32(33)19-9-3-4-13-27-47-37-25-24-34-36(42)26-29-49-40(34)35(37)22-15-18-31-16-7-5-8-17-31/h5,7-8,11-12,16-17,20-21,24-26,29,38H,3-4,6,9-10,13-15,18-19,22-23,27-28,30H2,1-2H3. The molecule has 3 aromatic carbocycles. The molecule has 0 aliphatic carbocycles. The van der Waals surface area contributed by atoms with Gasteiger partial charge in [0.25, 0.3) is 0 Å². The number of fused-ring (bicyclic) bond motifs is 1. The zero-order chi connectivity index (χ0) is 34.7. The topological polar surface area (TPSA) is 101 Å². The van der Waals surface area contributed by atoms with Crippen LogP contribution in [-0.4, -0.2) is 45.5 Å². The van der Waals surface area contributed by atoms with Gasteiger partial charge < -0.3 is 23.4 Å². The van der Waals surface area contributed by atoms with Gasteiger partial charge >= 0.3 is 11.9 Å². The van der Waals surface area contributed by atoms with Crippen LogP contribution >= 0.6 is 0 Å². The first-order valence-electron chi connectivity index (χ1n) is 17.5. The van der Waals surface area contributed by atoms with Crippen LogP contribution in [0.2, 0.25) is 0 Å². The van der Waals surface area contributed by atoms with E-state index in [0.717, 1.165) is 87.5 Å². The second-order valence-corrected chi connectivity index (χ2v) is 12.3. The second kappa shape index (κ2) is 20.8. The molecule has 0 N–H and O–H groups in total. The Kier molecular flexibility index (Phi) is 15.9. The molecule has 1 aromatic heterocycles. The Morgan fingerprint density at radius 1 is 0.694 bits per heavy atom. The van der Waals surface area contributed by atoms with Crippen LogP contribution in [0.1, 0.15) is 80.0 Å². The van der Waals surface area contributed by atoms with E-state index < -0.39 is 6.10 Å². The number of esters is 2. The number of carbonyl (C=O) groups is 2. The summed E-state index contributed by atoms with van der Waals surface area (Å²) < 4.78 is 27.8. The van der Waals surface area contributed by atoms with Gasteiger partial charge in [-0.2, -0.15) is 0 Å². The maximum Gasteiger partial charge on any atom is 0.335 e. The van der Waals surface area contributed by atoms with E-state index >= 15 is 0 Å². The lowest BCUT2D eigenvalue weighted by Gasteiger charge is -2.18. The van der Waals surface area contributed by atoms with Gasteiger partial charge in [0.15, 0.2) is 11.5 Å². The lowest BCUT2D eigenvalue weighted by molar-refractivity contribution is -0.154. The third kappa shape index (κ3) is 12.2. The minimum Gasteiger partial charge on any atom is -0.493 e. The molecule has 4 aromatic rings. The number of aryl methyl sites for hydroxylation is 3. The first-order chi connectivity index (χ1) is 24.0. The summed E-state index contributed by atoms with van der Waals surface area (Å²) >= 11 is 0. The van der Waals surface area contributed by atoms with Crippen molar-refractivity contribution in [2.24, 2.45) is 0 Å². The maximum absolute atomic E-state index is 12.5. The summed E-state index contributed by atoms with van der Waals surface area (Å²) in [6.07, 6.45) is 11.5. The van der Waals surface area contributed by atoms with Crippen LogP contribution in [0.5, 0.6) is 5.75 Å². The number of unbranched alkanes of at least 4 members (excludes halogenated alkanes) is 5. The van der Waals surface area contributed by atoms with Crippen LogP contribution in [0.3, 0.4) is 0 Å². The van der Waals surface area contributed by atoms with Crippen molar-refractivity contribution in [2.45, 2.75) is 89.6 Å². The summed E-state index contributed by atoms with van der Waals surface area (Å²) in [5, 5.41) is 0.585. The van der Waals surface area contributed by atoms with E-state index in [9.17, 15) is 14.4 Å². The van der Waals surface area contributed by atoms with Gasteiger partial charge in [-0.05, 0) is 80.2 Å². The normalized spacial score (nSPS) is 11.7. The Labute approximate surface area is 289 Å². The highest BCUT2D eigenvalue weighted by Crippen LogP contribution is 2.29. The lowest BCUT2D eigenvalue weighted by Crippen LogP contribution is -2.29. The van der Waals surface area contributed by atoms with E-state index in [1.807, 2.05) is 24.3 Å². The zero-order valence-electron chi connectivity index (χ0n) is 29.0. The van der Waals surface area contributed by atoms with E-state index in [1.165, 1.54) is 37.7 Å². The highest BCUT2D eigenvalue weighted by Gasteiger charge is 2.21. The van der Waals surface area contributed by atoms with Gasteiger partial charge in [0, 0.05) is 31.1 Å². The number of hydrogen-bond acceptors (Lipinski definition) is 8. The Morgan fingerprint density at radius 3 is 2.22 bits per heavy atom. The van der Waals surface area contributed by atoms with Crippen molar-refractivity contribution in [3.63, 3.8) is 0 Å². The Hall–Kier alpha value is -4.43. The molecular formula is C41H50O8. The first kappa shape index (κ1) is 37.4. The van der Waals surface area contributed by atoms with Crippen molar-refractivity contribution in [1.29, 1.82) is 0 Å². The molecule has 0 aliphatic heterocycles. The van der Waals surface area contributed by atoms with Crippen LogP contribution in [0, 0.1) is 0 Å². The molecule has 8 heteroatoms. The fourth-order valence-corrected chi connectivity index (χ4v) is 6.05. The maximum atomic E-state index is 12.5. The van der Waals surface area contributed by atoms with Crippen LogP contribution in [0.25, 0.3) is 11.0 Å². The van der Waals surface area contributed by atoms with Crippen LogP contribution in [0.4, 0.5) is 0 Å². The van der Waals surface area contributed by atoms with Crippen molar-refractivity contribution in [2.75, 3.05) is 27.4 Å². The fraction of sp³-hybridized carbons (Fsp3) is 0.439. The third-order valence-corrected chi connectivity index (χ3v) is 8.78. The summed E-state index contributed by atoms with van der Waals surface area (Å²) in [6.45, 7) is 1.01. The molecule has 0 amide bonds. The summed E-state index contributed by atoms with van der Waals surface area (Å²) in [5.41, 5.74) is 5.12. The van der Waals surface area contributed by atoms with Gasteiger partial charge in [0.2, 0.25) is 0 Å². The molecule has 0 aliphatic rings. The smallest absolute Gasteiger partial charge is 0.335 e. The average Bonchev–Trinajstić information content (AvgIpc) is 3.13. The van der Waals surface area contributed by atoms with Crippen LogP contribution in [0.15, 0.2) is 88.3 Å². The van der Waals surface area contributed by atoms with E-state index in [0.29, 0.717) is 37.0 Å². The summed E-state index contributed by atoms with van der Waals surface area (Å²) in [5.74, 6) is 0.195. The van der Waals surface area contributed by atoms with E-state index in [-0.39, 0.29) is 17.4 Å². The third-order valence-electron chi connectivity index (χ3n) is 8.78. The van der Waals surface area contributed by atoms with Crippen molar-refractivity contribution in [3.8, 4) is 5.75 Å². The van der Waals surface area contributed by atoms with Gasteiger partial charge in [0.1, 0.15) is 11.3 Å². The quantitative estimate of drug-likeness (QED) is 0.0613. The predicted molar refractivity (Wildman–Crippen MR) is 191 cm³/mol. The molecular weight excluding hydrogens is 620 g/mol. The number of benzene rings is 3. The van der Waals surface area contributed by atoms with Gasteiger partial charge in [-0.25, -0.2) is 4.79 Å². The van der Waals surface area contributed by atoms with E-state index in [4.69, 9.17) is 18.6 Å². The summed E-state index contributed by atoms with van der Waals surface area (Å²) in [4.78, 5) is 36.3. The Bertz CT molecular complexity index is 1640. The largest absolute Gasteiger partial charge is 0.493 e. The molecule has 49 heavy (non-hydrogen) atoms. The molecule has 0 saturated carbocycles. The molecule has 0 spiro atoms. The number of methoxy groups -OCH3 is 2. The first-order valence-corrected chi connectivity index (χ1v) is 17.5. The van der Waals surface area contributed by atoms with E-state index in [1.54, 1.807) is 6.07 Å². The van der Waals surface area contributed by atoms with Gasteiger partial charge in [-0.3, -0.25) is 9.59 Å².